The molecular weight excluding hydrogens is 274 g/mol. The Kier molecular flexibility index (Phi) is 4.57. The third-order valence-corrected chi connectivity index (χ3v) is 3.96. The van der Waals surface area contributed by atoms with Crippen LogP contribution in [0.1, 0.15) is 22.3 Å². The molecule has 0 saturated carbocycles. The van der Waals surface area contributed by atoms with Crippen molar-refractivity contribution in [2.75, 3.05) is 24.3 Å². The maximum absolute atomic E-state index is 11.7. The van der Waals surface area contributed by atoms with Crippen molar-refractivity contribution in [3.05, 3.63) is 41.0 Å². The summed E-state index contributed by atoms with van der Waals surface area (Å²) in [5.41, 5.74) is 7.28. The SMILES string of the molecule is CCOC(=O)c1sc(N(C)Cc2ccccn2)cc1N. The van der Waals surface area contributed by atoms with Gasteiger partial charge in [-0.05, 0) is 25.1 Å². The normalized spacial score (nSPS) is 10.3. The Balaban J connectivity index is 2.13. The average molecular weight is 291 g/mol. The van der Waals surface area contributed by atoms with Crippen molar-refractivity contribution in [2.45, 2.75) is 13.5 Å². The van der Waals surface area contributed by atoms with Gasteiger partial charge in [0, 0.05) is 13.2 Å². The smallest absolute Gasteiger partial charge is 0.350 e. The monoisotopic (exact) mass is 291 g/mol. The van der Waals surface area contributed by atoms with Crippen LogP contribution in [0.3, 0.4) is 0 Å². The lowest BCUT2D eigenvalue weighted by Gasteiger charge is -2.16. The molecule has 0 fully saturated rings. The van der Waals surface area contributed by atoms with Gasteiger partial charge in [-0.2, -0.15) is 0 Å². The number of pyridine rings is 1. The summed E-state index contributed by atoms with van der Waals surface area (Å²) in [5.74, 6) is -0.368. The Labute approximate surface area is 122 Å². The van der Waals surface area contributed by atoms with Gasteiger partial charge >= 0.3 is 5.97 Å². The molecule has 0 amide bonds. The van der Waals surface area contributed by atoms with Gasteiger partial charge in [0.25, 0.3) is 0 Å². The van der Waals surface area contributed by atoms with Crippen LogP contribution in [-0.2, 0) is 11.3 Å². The fourth-order valence-corrected chi connectivity index (χ4v) is 2.68. The summed E-state index contributed by atoms with van der Waals surface area (Å²) >= 11 is 1.33. The lowest BCUT2D eigenvalue weighted by Crippen LogP contribution is -2.15. The molecule has 20 heavy (non-hydrogen) atoms. The lowest BCUT2D eigenvalue weighted by atomic mass is 10.3. The second kappa shape index (κ2) is 6.38. The molecule has 0 aromatic carbocycles. The molecule has 2 aromatic heterocycles. The summed E-state index contributed by atoms with van der Waals surface area (Å²) in [5, 5.41) is 0.913. The van der Waals surface area contributed by atoms with E-state index in [1.165, 1.54) is 11.3 Å². The molecule has 2 rings (SSSR count). The molecule has 5 nitrogen and oxygen atoms in total. The van der Waals surface area contributed by atoms with Crippen molar-refractivity contribution in [3.63, 3.8) is 0 Å². The molecule has 0 unspecified atom stereocenters. The van der Waals surface area contributed by atoms with E-state index in [2.05, 4.69) is 4.98 Å². The standard InChI is InChI=1S/C14H17N3O2S/c1-3-19-14(18)13-11(15)8-12(20-13)17(2)9-10-6-4-5-7-16-10/h4-8H,3,9,15H2,1-2H3. The van der Waals surface area contributed by atoms with Crippen molar-refractivity contribution in [3.8, 4) is 0 Å². The van der Waals surface area contributed by atoms with Crippen LogP contribution >= 0.6 is 11.3 Å². The number of hydrogen-bond donors (Lipinski definition) is 1. The Morgan fingerprint density at radius 3 is 2.95 bits per heavy atom. The molecule has 106 valence electrons. The highest BCUT2D eigenvalue weighted by atomic mass is 32.1. The van der Waals surface area contributed by atoms with Crippen molar-refractivity contribution in [2.24, 2.45) is 0 Å². The van der Waals surface area contributed by atoms with Gasteiger partial charge < -0.3 is 15.4 Å². The molecule has 0 spiro atoms. The van der Waals surface area contributed by atoms with Crippen molar-refractivity contribution in [1.29, 1.82) is 0 Å². The van der Waals surface area contributed by atoms with Crippen molar-refractivity contribution >= 4 is 28.0 Å². The zero-order valence-corrected chi connectivity index (χ0v) is 12.3. The minimum atomic E-state index is -0.368. The Morgan fingerprint density at radius 2 is 2.30 bits per heavy atom. The summed E-state index contributed by atoms with van der Waals surface area (Å²) in [6.07, 6.45) is 1.76. The van der Waals surface area contributed by atoms with Gasteiger partial charge in [0.2, 0.25) is 0 Å². The quantitative estimate of drug-likeness (QED) is 0.857. The number of hydrogen-bond acceptors (Lipinski definition) is 6. The molecule has 0 radical (unpaired) electrons. The predicted molar refractivity (Wildman–Crippen MR) is 81.0 cm³/mol. The molecule has 0 saturated heterocycles. The molecule has 0 atom stereocenters. The van der Waals surface area contributed by atoms with Gasteiger partial charge in [-0.3, -0.25) is 4.98 Å². The minimum absolute atomic E-state index is 0.343. The van der Waals surface area contributed by atoms with Crippen LogP contribution < -0.4 is 10.6 Å². The van der Waals surface area contributed by atoms with Gasteiger partial charge in [0.1, 0.15) is 4.88 Å². The van der Waals surface area contributed by atoms with Crippen LogP contribution in [0.25, 0.3) is 0 Å². The number of carbonyl (C=O) groups is 1. The van der Waals surface area contributed by atoms with Crippen LogP contribution in [0.2, 0.25) is 0 Å². The molecule has 2 aromatic rings. The van der Waals surface area contributed by atoms with E-state index in [-0.39, 0.29) is 5.97 Å². The van der Waals surface area contributed by atoms with Gasteiger partial charge in [-0.25, -0.2) is 4.79 Å². The zero-order valence-electron chi connectivity index (χ0n) is 11.5. The summed E-state index contributed by atoms with van der Waals surface area (Å²) in [6, 6.07) is 7.58. The first kappa shape index (κ1) is 14.3. The molecule has 2 N–H and O–H groups in total. The van der Waals surface area contributed by atoms with Gasteiger partial charge in [0.15, 0.2) is 0 Å². The number of ether oxygens (including phenoxy) is 1. The summed E-state index contributed by atoms with van der Waals surface area (Å²) < 4.78 is 4.98. The fourth-order valence-electron chi connectivity index (χ4n) is 1.75. The number of nitrogens with two attached hydrogens (primary N) is 1. The van der Waals surface area contributed by atoms with Crippen LogP contribution in [0.15, 0.2) is 30.5 Å². The molecule has 2 heterocycles. The first-order valence-electron chi connectivity index (χ1n) is 6.29. The van der Waals surface area contributed by atoms with Crippen LogP contribution in [0.4, 0.5) is 10.7 Å². The highest BCUT2D eigenvalue weighted by Crippen LogP contribution is 2.32. The van der Waals surface area contributed by atoms with Gasteiger partial charge in [-0.1, -0.05) is 6.07 Å². The van der Waals surface area contributed by atoms with E-state index in [1.54, 1.807) is 19.2 Å². The van der Waals surface area contributed by atoms with E-state index >= 15 is 0 Å². The van der Waals surface area contributed by atoms with E-state index in [1.807, 2.05) is 30.1 Å². The number of nitrogens with zero attached hydrogens (tertiary/aromatic N) is 2. The van der Waals surface area contributed by atoms with Crippen LogP contribution in [-0.4, -0.2) is 24.6 Å². The second-order valence-electron chi connectivity index (χ2n) is 4.27. The zero-order chi connectivity index (χ0) is 14.5. The number of esters is 1. The molecule has 0 aliphatic rings. The third-order valence-electron chi connectivity index (χ3n) is 2.71. The Hall–Kier alpha value is -2.08. The van der Waals surface area contributed by atoms with Crippen LogP contribution in [0.5, 0.6) is 0 Å². The second-order valence-corrected chi connectivity index (χ2v) is 5.30. The number of rotatable bonds is 5. The molecule has 0 bridgehead atoms. The van der Waals surface area contributed by atoms with Crippen molar-refractivity contribution < 1.29 is 9.53 Å². The highest BCUT2D eigenvalue weighted by molar-refractivity contribution is 7.18. The van der Waals surface area contributed by atoms with Gasteiger partial charge in [-0.15, -0.1) is 11.3 Å². The van der Waals surface area contributed by atoms with E-state index in [4.69, 9.17) is 10.5 Å². The Morgan fingerprint density at radius 1 is 1.50 bits per heavy atom. The number of nitrogen functional groups attached to an aromatic ring is 1. The van der Waals surface area contributed by atoms with E-state index in [0.29, 0.717) is 23.7 Å². The third kappa shape index (κ3) is 3.27. The minimum Gasteiger partial charge on any atom is -0.462 e. The lowest BCUT2D eigenvalue weighted by molar-refractivity contribution is 0.0533. The average Bonchev–Trinajstić information content (AvgIpc) is 2.82. The molecular formula is C14H17N3O2S. The summed E-state index contributed by atoms with van der Waals surface area (Å²) in [4.78, 5) is 18.5. The van der Waals surface area contributed by atoms with Crippen LogP contribution in [0, 0.1) is 0 Å². The van der Waals surface area contributed by atoms with E-state index in [9.17, 15) is 4.79 Å². The molecule has 0 aliphatic carbocycles. The molecule has 0 aliphatic heterocycles. The number of thiophene rings is 1. The highest BCUT2D eigenvalue weighted by Gasteiger charge is 2.17. The first-order valence-corrected chi connectivity index (χ1v) is 7.11. The van der Waals surface area contributed by atoms with Crippen molar-refractivity contribution in [1.82, 2.24) is 4.98 Å². The summed E-state index contributed by atoms with van der Waals surface area (Å²) in [6.45, 7) is 2.77. The number of aromatic nitrogens is 1. The number of carbonyl (C=O) groups excluding carboxylic acids is 1. The van der Waals surface area contributed by atoms with E-state index < -0.39 is 0 Å². The molecule has 6 heteroatoms. The summed E-state index contributed by atoms with van der Waals surface area (Å²) in [7, 11) is 1.94. The first-order chi connectivity index (χ1) is 9.61. The maximum atomic E-state index is 11.7. The predicted octanol–water partition coefficient (Wildman–Crippen LogP) is 2.54. The maximum Gasteiger partial charge on any atom is 0.350 e. The fraction of sp³-hybridized carbons (Fsp3) is 0.286. The number of anilines is 2. The topological polar surface area (TPSA) is 68.5 Å². The van der Waals surface area contributed by atoms with Gasteiger partial charge in [0.05, 0.1) is 29.5 Å². The largest absolute Gasteiger partial charge is 0.462 e. The van der Waals surface area contributed by atoms with E-state index in [0.717, 1.165) is 10.7 Å². The Bertz CT molecular complexity index is 583.